The van der Waals surface area contributed by atoms with Crippen molar-refractivity contribution in [2.45, 2.75) is 26.4 Å². The molecule has 0 unspecified atom stereocenters. The topological polar surface area (TPSA) is 33.1 Å². The summed E-state index contributed by atoms with van der Waals surface area (Å²) >= 11 is 1.61. The molecule has 1 rings (SSSR count). The molecule has 0 amide bonds. The lowest BCUT2D eigenvalue weighted by atomic mass is 10.2. The summed E-state index contributed by atoms with van der Waals surface area (Å²) < 4.78 is 0. The minimum Gasteiger partial charge on any atom is -0.393 e. The second-order valence-corrected chi connectivity index (χ2v) is 3.35. The largest absolute Gasteiger partial charge is 0.393 e. The fourth-order valence-corrected chi connectivity index (χ4v) is 1.69. The van der Waals surface area contributed by atoms with Crippen molar-refractivity contribution in [1.82, 2.24) is 4.98 Å². The molecule has 1 atom stereocenters. The van der Waals surface area contributed by atoms with Crippen LogP contribution in [-0.2, 0) is 6.42 Å². The van der Waals surface area contributed by atoms with E-state index < -0.39 is 0 Å². The molecule has 0 fully saturated rings. The molecule has 1 aromatic heterocycles. The summed E-state index contributed by atoms with van der Waals surface area (Å²) in [6, 6.07) is 0. The van der Waals surface area contributed by atoms with Crippen LogP contribution in [0.15, 0.2) is 5.51 Å². The smallest absolute Gasteiger partial charge is 0.0797 e. The van der Waals surface area contributed by atoms with Gasteiger partial charge in [-0.3, -0.25) is 0 Å². The molecule has 0 aliphatic rings. The van der Waals surface area contributed by atoms with E-state index in [-0.39, 0.29) is 6.10 Å². The highest BCUT2D eigenvalue weighted by Crippen LogP contribution is 2.13. The number of hydrogen-bond donors (Lipinski definition) is 1. The van der Waals surface area contributed by atoms with Crippen LogP contribution < -0.4 is 0 Å². The van der Waals surface area contributed by atoms with E-state index in [0.29, 0.717) is 0 Å². The Balaban J connectivity index is 2.65. The van der Waals surface area contributed by atoms with Crippen LogP contribution in [0.2, 0.25) is 0 Å². The van der Waals surface area contributed by atoms with Gasteiger partial charge in [0.1, 0.15) is 0 Å². The first-order valence-corrected chi connectivity index (χ1v) is 4.15. The number of thiazole rings is 1. The third kappa shape index (κ3) is 1.78. The number of nitrogens with zero attached hydrogens (tertiary/aromatic N) is 1. The van der Waals surface area contributed by atoms with Gasteiger partial charge in [0, 0.05) is 11.3 Å². The zero-order valence-corrected chi connectivity index (χ0v) is 6.98. The molecule has 0 aliphatic carbocycles. The van der Waals surface area contributed by atoms with E-state index in [1.165, 1.54) is 4.88 Å². The average molecular weight is 157 g/mol. The van der Waals surface area contributed by atoms with Gasteiger partial charge in [-0.25, -0.2) is 4.98 Å². The van der Waals surface area contributed by atoms with E-state index in [4.69, 9.17) is 5.11 Å². The molecule has 0 radical (unpaired) electrons. The van der Waals surface area contributed by atoms with Gasteiger partial charge in [-0.15, -0.1) is 11.3 Å². The first-order chi connectivity index (χ1) is 4.70. The fourth-order valence-electron chi connectivity index (χ4n) is 0.790. The van der Waals surface area contributed by atoms with Gasteiger partial charge in [0.15, 0.2) is 0 Å². The molecule has 2 nitrogen and oxygen atoms in total. The zero-order valence-electron chi connectivity index (χ0n) is 6.16. The van der Waals surface area contributed by atoms with Crippen molar-refractivity contribution in [2.24, 2.45) is 0 Å². The molecule has 0 bridgehead atoms. The van der Waals surface area contributed by atoms with Crippen LogP contribution in [0.3, 0.4) is 0 Å². The van der Waals surface area contributed by atoms with Gasteiger partial charge in [-0.05, 0) is 13.8 Å². The molecule has 56 valence electrons. The van der Waals surface area contributed by atoms with Gasteiger partial charge < -0.3 is 5.11 Å². The molecular formula is C7H11NOS. The van der Waals surface area contributed by atoms with Gasteiger partial charge in [-0.2, -0.15) is 0 Å². The Labute approximate surface area is 64.5 Å². The molecule has 1 aromatic rings. The van der Waals surface area contributed by atoms with Crippen molar-refractivity contribution in [1.29, 1.82) is 0 Å². The van der Waals surface area contributed by atoms with E-state index in [2.05, 4.69) is 4.98 Å². The van der Waals surface area contributed by atoms with Crippen molar-refractivity contribution >= 4 is 11.3 Å². The predicted octanol–water partition coefficient (Wildman–Crippen LogP) is 1.37. The number of rotatable bonds is 2. The Morgan fingerprint density at radius 2 is 2.50 bits per heavy atom. The van der Waals surface area contributed by atoms with Crippen molar-refractivity contribution in [2.75, 3.05) is 0 Å². The molecule has 0 aliphatic heterocycles. The number of aliphatic hydroxyl groups is 1. The minimum atomic E-state index is -0.251. The van der Waals surface area contributed by atoms with E-state index >= 15 is 0 Å². The Morgan fingerprint density at radius 3 is 2.90 bits per heavy atom. The standard InChI is InChI=1S/C7H11NOS/c1-5(9)3-7-6(2)8-4-10-7/h4-5,9H,3H2,1-2H3/t5-/m0/s1. The van der Waals surface area contributed by atoms with Gasteiger partial charge in [0.25, 0.3) is 0 Å². The molecule has 1 N–H and O–H groups in total. The van der Waals surface area contributed by atoms with Crippen LogP contribution in [-0.4, -0.2) is 16.2 Å². The molecule has 10 heavy (non-hydrogen) atoms. The van der Waals surface area contributed by atoms with Crippen LogP contribution >= 0.6 is 11.3 Å². The van der Waals surface area contributed by atoms with Crippen molar-refractivity contribution in [3.8, 4) is 0 Å². The lowest BCUT2D eigenvalue weighted by molar-refractivity contribution is 0.196. The summed E-state index contributed by atoms with van der Waals surface area (Å²) in [4.78, 5) is 5.27. The monoisotopic (exact) mass is 157 g/mol. The molecule has 1 heterocycles. The van der Waals surface area contributed by atoms with Crippen LogP contribution in [0, 0.1) is 6.92 Å². The highest BCUT2D eigenvalue weighted by molar-refractivity contribution is 7.09. The maximum Gasteiger partial charge on any atom is 0.0797 e. The maximum absolute atomic E-state index is 9.03. The van der Waals surface area contributed by atoms with Crippen LogP contribution in [0.4, 0.5) is 0 Å². The fraction of sp³-hybridized carbons (Fsp3) is 0.571. The van der Waals surface area contributed by atoms with E-state index in [9.17, 15) is 0 Å². The first kappa shape index (κ1) is 7.69. The van der Waals surface area contributed by atoms with Crippen LogP contribution in [0.5, 0.6) is 0 Å². The molecular weight excluding hydrogens is 146 g/mol. The molecule has 0 aromatic carbocycles. The summed E-state index contributed by atoms with van der Waals surface area (Å²) in [5, 5.41) is 9.03. The van der Waals surface area contributed by atoms with Crippen LogP contribution in [0.1, 0.15) is 17.5 Å². The predicted molar refractivity (Wildman–Crippen MR) is 42.2 cm³/mol. The number of hydrogen-bond acceptors (Lipinski definition) is 3. The van der Waals surface area contributed by atoms with Crippen molar-refractivity contribution in [3.05, 3.63) is 16.1 Å². The van der Waals surface area contributed by atoms with Gasteiger partial charge >= 0.3 is 0 Å². The Kier molecular flexibility index (Phi) is 2.40. The first-order valence-electron chi connectivity index (χ1n) is 3.27. The summed E-state index contributed by atoms with van der Waals surface area (Å²) in [5.41, 5.74) is 2.86. The van der Waals surface area contributed by atoms with Gasteiger partial charge in [0.2, 0.25) is 0 Å². The van der Waals surface area contributed by atoms with Gasteiger partial charge in [-0.1, -0.05) is 0 Å². The third-order valence-corrected chi connectivity index (χ3v) is 2.28. The highest BCUT2D eigenvalue weighted by atomic mass is 32.1. The Hall–Kier alpha value is -0.410. The van der Waals surface area contributed by atoms with E-state index in [1.54, 1.807) is 18.3 Å². The highest BCUT2D eigenvalue weighted by Gasteiger charge is 2.03. The lowest BCUT2D eigenvalue weighted by Crippen LogP contribution is -2.03. The Morgan fingerprint density at radius 1 is 1.80 bits per heavy atom. The quantitative estimate of drug-likeness (QED) is 0.703. The van der Waals surface area contributed by atoms with Crippen molar-refractivity contribution in [3.63, 3.8) is 0 Å². The maximum atomic E-state index is 9.03. The SMILES string of the molecule is Cc1ncsc1C[C@H](C)O. The second-order valence-electron chi connectivity index (χ2n) is 2.41. The minimum absolute atomic E-state index is 0.251. The van der Waals surface area contributed by atoms with Crippen molar-refractivity contribution < 1.29 is 5.11 Å². The molecule has 0 spiro atoms. The average Bonchev–Trinajstić information content (AvgIpc) is 2.15. The normalized spacial score (nSPS) is 13.5. The van der Waals surface area contributed by atoms with Gasteiger partial charge in [0.05, 0.1) is 17.3 Å². The van der Waals surface area contributed by atoms with Crippen LogP contribution in [0.25, 0.3) is 0 Å². The van der Waals surface area contributed by atoms with E-state index in [1.807, 2.05) is 12.4 Å². The second kappa shape index (κ2) is 3.12. The molecule has 0 saturated heterocycles. The molecule has 3 heteroatoms. The number of aliphatic hydroxyl groups excluding tert-OH is 1. The summed E-state index contributed by atoms with van der Waals surface area (Å²) in [5.74, 6) is 0. The lowest BCUT2D eigenvalue weighted by Gasteiger charge is -2.00. The summed E-state index contributed by atoms with van der Waals surface area (Å²) in [7, 11) is 0. The Bertz CT molecular complexity index is 207. The number of aromatic nitrogens is 1. The summed E-state index contributed by atoms with van der Waals surface area (Å²) in [6.45, 7) is 3.76. The third-order valence-electron chi connectivity index (χ3n) is 1.33. The zero-order chi connectivity index (χ0) is 7.56. The number of aryl methyl sites for hydroxylation is 1. The summed E-state index contributed by atoms with van der Waals surface area (Å²) in [6.07, 6.45) is 0.482. The molecule has 0 saturated carbocycles. The van der Waals surface area contributed by atoms with E-state index in [0.717, 1.165) is 12.1 Å².